The molecule has 1 amide bonds. The van der Waals surface area contributed by atoms with Crippen LogP contribution in [0.5, 0.6) is 0 Å². The minimum absolute atomic E-state index is 0.389. The van der Waals surface area contributed by atoms with Crippen LogP contribution in [0.3, 0.4) is 0 Å². The molecule has 0 radical (unpaired) electrons. The molecule has 266 valence electrons. The zero-order chi connectivity index (χ0) is 33.8. The van der Waals surface area contributed by atoms with Gasteiger partial charge in [0, 0.05) is 0 Å². The van der Waals surface area contributed by atoms with Crippen LogP contribution in [0.2, 0.25) is 0 Å². The molecule has 0 spiro atoms. The van der Waals surface area contributed by atoms with Gasteiger partial charge in [0.1, 0.15) is 6.10 Å². The van der Waals surface area contributed by atoms with E-state index in [0.717, 1.165) is 70.6 Å². The Bertz CT molecular complexity index is 800. The SMILES string of the molecule is CCCCC/C=C\C=C/CCCCCCCC(O)C(=O)NC(CO)C(O)/C=C/CC/C=C/CC/C=C/CCCCCCCCCC. The summed E-state index contributed by atoms with van der Waals surface area (Å²) in [4.78, 5) is 12.4. The molecule has 0 heterocycles. The van der Waals surface area contributed by atoms with Crippen molar-refractivity contribution in [3.05, 3.63) is 60.8 Å². The third-order valence-electron chi connectivity index (χ3n) is 8.34. The Morgan fingerprint density at radius 1 is 0.543 bits per heavy atom. The van der Waals surface area contributed by atoms with Crippen LogP contribution in [0.25, 0.3) is 0 Å². The summed E-state index contributed by atoms with van der Waals surface area (Å²) in [6.07, 6.45) is 46.6. The third-order valence-corrected chi connectivity index (χ3v) is 8.34. The molecule has 0 rings (SSSR count). The molecule has 4 N–H and O–H groups in total. The van der Waals surface area contributed by atoms with Gasteiger partial charge in [0.05, 0.1) is 18.8 Å². The molecule has 0 aromatic rings. The third kappa shape index (κ3) is 30.7. The topological polar surface area (TPSA) is 89.8 Å². The molecule has 3 unspecified atom stereocenters. The summed E-state index contributed by atoms with van der Waals surface area (Å²) in [5, 5.41) is 32.9. The molecule has 46 heavy (non-hydrogen) atoms. The number of carbonyl (C=O) groups is 1. The number of unbranched alkanes of at least 4 members (excludes halogenated alkanes) is 18. The second kappa shape index (κ2) is 35.9. The van der Waals surface area contributed by atoms with Gasteiger partial charge >= 0.3 is 0 Å². The number of hydrogen-bond donors (Lipinski definition) is 4. The Morgan fingerprint density at radius 2 is 0.957 bits per heavy atom. The first-order valence-electron chi connectivity index (χ1n) is 19.1. The van der Waals surface area contributed by atoms with Crippen LogP contribution in [0.15, 0.2) is 60.8 Å². The summed E-state index contributed by atoms with van der Waals surface area (Å²) < 4.78 is 0. The number of amides is 1. The molecular weight excluding hydrogens is 570 g/mol. The molecule has 0 saturated carbocycles. The Morgan fingerprint density at radius 3 is 1.50 bits per heavy atom. The van der Waals surface area contributed by atoms with Crippen molar-refractivity contribution in [2.45, 2.75) is 186 Å². The second-order valence-corrected chi connectivity index (χ2v) is 12.8. The van der Waals surface area contributed by atoms with Crippen LogP contribution in [-0.4, -0.2) is 46.1 Å². The molecule has 0 aliphatic carbocycles. The first-order chi connectivity index (χ1) is 22.6. The molecule has 0 bridgehead atoms. The van der Waals surface area contributed by atoms with E-state index in [1.807, 2.05) is 6.08 Å². The van der Waals surface area contributed by atoms with Gasteiger partial charge in [-0.15, -0.1) is 0 Å². The molecule has 0 saturated heterocycles. The summed E-state index contributed by atoms with van der Waals surface area (Å²) in [5.74, 6) is -0.533. The van der Waals surface area contributed by atoms with Crippen LogP contribution in [-0.2, 0) is 4.79 Å². The van der Waals surface area contributed by atoms with Gasteiger partial charge in [0.25, 0.3) is 0 Å². The van der Waals surface area contributed by atoms with Crippen molar-refractivity contribution >= 4 is 5.91 Å². The number of rotatable bonds is 33. The fraction of sp³-hybridized carbons (Fsp3) is 0.732. The maximum Gasteiger partial charge on any atom is 0.249 e. The van der Waals surface area contributed by atoms with Gasteiger partial charge < -0.3 is 20.6 Å². The summed E-state index contributed by atoms with van der Waals surface area (Å²) in [7, 11) is 0. The number of allylic oxidation sites excluding steroid dienone is 9. The minimum atomic E-state index is -1.12. The minimum Gasteiger partial charge on any atom is -0.394 e. The Kier molecular flexibility index (Phi) is 34.4. The van der Waals surface area contributed by atoms with E-state index in [2.05, 4.69) is 67.8 Å². The standard InChI is InChI=1S/C41H73NO4/c1-3-5-7-9-11-13-15-17-19-20-21-22-24-25-27-29-31-33-35-39(44)38(37-43)42-41(46)40(45)36-34-32-30-28-26-23-18-16-14-12-10-8-6-4-2/h12,14,16,18,20-21,25,27,33,35,38-40,43-45H,3-11,13,15,17,19,22-24,26,28-32,34,36-37H2,1-2H3,(H,42,46)/b14-12-,18-16-,21-20+,27-25+,35-33+. The zero-order valence-electron chi connectivity index (χ0n) is 29.9. The lowest BCUT2D eigenvalue weighted by molar-refractivity contribution is -0.131. The van der Waals surface area contributed by atoms with E-state index in [1.54, 1.807) is 6.08 Å². The highest BCUT2D eigenvalue weighted by atomic mass is 16.3. The van der Waals surface area contributed by atoms with Crippen molar-refractivity contribution in [2.24, 2.45) is 0 Å². The van der Waals surface area contributed by atoms with Gasteiger partial charge in [0.15, 0.2) is 0 Å². The van der Waals surface area contributed by atoms with E-state index in [9.17, 15) is 20.1 Å². The molecule has 5 heteroatoms. The predicted molar refractivity (Wildman–Crippen MR) is 199 cm³/mol. The second-order valence-electron chi connectivity index (χ2n) is 12.8. The Hall–Kier alpha value is -1.95. The highest BCUT2D eigenvalue weighted by Gasteiger charge is 2.22. The molecular formula is C41H73NO4. The Balaban J connectivity index is 3.87. The summed E-state index contributed by atoms with van der Waals surface area (Å²) in [6.45, 7) is 4.10. The molecule has 3 atom stereocenters. The lowest BCUT2D eigenvalue weighted by Crippen LogP contribution is -2.48. The molecule has 0 aromatic carbocycles. The Labute approximate surface area is 284 Å². The van der Waals surface area contributed by atoms with Crippen molar-refractivity contribution in [3.8, 4) is 0 Å². The summed E-state index contributed by atoms with van der Waals surface area (Å²) in [6, 6.07) is -0.828. The maximum atomic E-state index is 12.4. The van der Waals surface area contributed by atoms with Crippen molar-refractivity contribution in [1.29, 1.82) is 0 Å². The quantitative estimate of drug-likeness (QED) is 0.0325. The first kappa shape index (κ1) is 44.0. The van der Waals surface area contributed by atoms with Gasteiger partial charge in [-0.2, -0.15) is 0 Å². The molecule has 0 aliphatic rings. The van der Waals surface area contributed by atoms with Crippen LogP contribution in [0.4, 0.5) is 0 Å². The fourth-order valence-electron chi connectivity index (χ4n) is 5.26. The maximum absolute atomic E-state index is 12.4. The van der Waals surface area contributed by atoms with E-state index >= 15 is 0 Å². The van der Waals surface area contributed by atoms with Gasteiger partial charge in [-0.3, -0.25) is 4.79 Å². The highest BCUT2D eigenvalue weighted by Crippen LogP contribution is 2.11. The number of hydrogen-bond acceptors (Lipinski definition) is 4. The lowest BCUT2D eigenvalue weighted by Gasteiger charge is -2.21. The van der Waals surface area contributed by atoms with Gasteiger partial charge in [0.2, 0.25) is 5.91 Å². The summed E-state index contributed by atoms with van der Waals surface area (Å²) >= 11 is 0. The van der Waals surface area contributed by atoms with E-state index < -0.39 is 24.2 Å². The van der Waals surface area contributed by atoms with Crippen molar-refractivity contribution in [3.63, 3.8) is 0 Å². The monoisotopic (exact) mass is 644 g/mol. The lowest BCUT2D eigenvalue weighted by atomic mass is 10.1. The smallest absolute Gasteiger partial charge is 0.249 e. The van der Waals surface area contributed by atoms with E-state index in [4.69, 9.17) is 0 Å². The first-order valence-corrected chi connectivity index (χ1v) is 19.1. The van der Waals surface area contributed by atoms with Crippen molar-refractivity contribution < 1.29 is 20.1 Å². The fourth-order valence-corrected chi connectivity index (χ4v) is 5.26. The van der Waals surface area contributed by atoms with Crippen molar-refractivity contribution in [1.82, 2.24) is 5.32 Å². The summed E-state index contributed by atoms with van der Waals surface area (Å²) in [5.41, 5.74) is 0. The molecule has 0 aliphatic heterocycles. The van der Waals surface area contributed by atoms with Crippen LogP contribution < -0.4 is 5.32 Å². The highest BCUT2D eigenvalue weighted by molar-refractivity contribution is 5.80. The van der Waals surface area contributed by atoms with Gasteiger partial charge in [-0.1, -0.05) is 158 Å². The zero-order valence-corrected chi connectivity index (χ0v) is 29.9. The van der Waals surface area contributed by atoms with Crippen LogP contribution in [0, 0.1) is 0 Å². The largest absolute Gasteiger partial charge is 0.394 e. The van der Waals surface area contributed by atoms with Gasteiger partial charge in [-0.05, 0) is 70.6 Å². The van der Waals surface area contributed by atoms with Crippen molar-refractivity contribution in [2.75, 3.05) is 6.61 Å². The van der Waals surface area contributed by atoms with Gasteiger partial charge in [-0.25, -0.2) is 0 Å². The van der Waals surface area contributed by atoms with E-state index in [-0.39, 0.29) is 6.61 Å². The number of carbonyl (C=O) groups excluding carboxylic acids is 1. The number of nitrogens with one attached hydrogen (secondary N) is 1. The van der Waals surface area contributed by atoms with E-state index in [0.29, 0.717) is 6.42 Å². The predicted octanol–water partition coefficient (Wildman–Crippen LogP) is 10.4. The molecule has 5 nitrogen and oxygen atoms in total. The average molecular weight is 644 g/mol. The van der Waals surface area contributed by atoms with Crippen LogP contribution in [0.1, 0.15) is 168 Å². The number of aliphatic hydroxyl groups excluding tert-OH is 3. The average Bonchev–Trinajstić information content (AvgIpc) is 3.06. The normalized spacial score (nSPS) is 14.5. The number of aliphatic hydroxyl groups is 3. The van der Waals surface area contributed by atoms with Crippen LogP contribution >= 0.6 is 0 Å². The van der Waals surface area contributed by atoms with E-state index in [1.165, 1.54) is 77.0 Å². The molecule has 0 fully saturated rings. The molecule has 0 aromatic heterocycles.